The number of hydrogen-bond donors (Lipinski definition) is 0. The monoisotopic (exact) mass is 297 g/mol. The number of nitrogens with zero attached hydrogens (tertiary/aromatic N) is 3. The third kappa shape index (κ3) is 3.50. The van der Waals surface area contributed by atoms with Gasteiger partial charge in [0.2, 0.25) is 0 Å². The number of benzene rings is 1. The Morgan fingerprint density at radius 1 is 1.21 bits per heavy atom. The third-order valence-corrected chi connectivity index (χ3v) is 3.95. The van der Waals surface area contributed by atoms with Crippen molar-refractivity contribution in [1.29, 1.82) is 0 Å². The van der Waals surface area contributed by atoms with E-state index in [-0.39, 0.29) is 0 Å². The fourth-order valence-corrected chi connectivity index (χ4v) is 2.32. The highest BCUT2D eigenvalue weighted by Gasteiger charge is 2.08. The molecule has 1 aromatic carbocycles. The van der Waals surface area contributed by atoms with Gasteiger partial charge in [-0.15, -0.1) is 0 Å². The van der Waals surface area contributed by atoms with Crippen LogP contribution in [0.4, 0.5) is 0 Å². The molecule has 0 amide bonds. The molecule has 2 rings (SSSR count). The van der Waals surface area contributed by atoms with Crippen LogP contribution in [0.1, 0.15) is 16.8 Å². The van der Waals surface area contributed by atoms with E-state index in [9.17, 15) is 0 Å². The van der Waals surface area contributed by atoms with Crippen LogP contribution in [0.3, 0.4) is 0 Å². The van der Waals surface area contributed by atoms with Gasteiger partial charge in [0.25, 0.3) is 0 Å². The van der Waals surface area contributed by atoms with Gasteiger partial charge in [0.1, 0.15) is 0 Å². The first kappa shape index (κ1) is 14.4. The van der Waals surface area contributed by atoms with E-state index in [0.717, 1.165) is 18.7 Å². The standard InChI is InChI=1S/C14H17Cl2N3/c1-10-12(7-17-19(10)3)9-18(2)8-11-4-5-13(15)14(16)6-11/h4-7H,8-9H2,1-3H3. The van der Waals surface area contributed by atoms with Crippen molar-refractivity contribution >= 4 is 23.2 Å². The Balaban J connectivity index is 2.03. The van der Waals surface area contributed by atoms with Gasteiger partial charge in [-0.3, -0.25) is 9.58 Å². The predicted molar refractivity (Wildman–Crippen MR) is 79.6 cm³/mol. The smallest absolute Gasteiger partial charge is 0.0595 e. The van der Waals surface area contributed by atoms with Crippen LogP contribution in [-0.4, -0.2) is 21.7 Å². The van der Waals surface area contributed by atoms with Crippen LogP contribution in [0.2, 0.25) is 10.0 Å². The minimum absolute atomic E-state index is 0.594. The van der Waals surface area contributed by atoms with E-state index in [1.807, 2.05) is 36.1 Å². The molecule has 0 saturated heterocycles. The normalized spacial score (nSPS) is 11.3. The molecule has 1 aromatic heterocycles. The summed E-state index contributed by atoms with van der Waals surface area (Å²) < 4.78 is 1.89. The Bertz CT molecular complexity index is 578. The lowest BCUT2D eigenvalue weighted by molar-refractivity contribution is 0.318. The van der Waals surface area contributed by atoms with Crippen molar-refractivity contribution in [3.05, 3.63) is 51.3 Å². The predicted octanol–water partition coefficient (Wildman–Crippen LogP) is 3.67. The Morgan fingerprint density at radius 3 is 2.53 bits per heavy atom. The summed E-state index contributed by atoms with van der Waals surface area (Å²) in [6.45, 7) is 3.76. The minimum Gasteiger partial charge on any atom is -0.298 e. The molecule has 2 aromatic rings. The number of halogens is 2. The lowest BCUT2D eigenvalue weighted by atomic mass is 10.2. The molecule has 0 aliphatic rings. The molecule has 0 spiro atoms. The fourth-order valence-electron chi connectivity index (χ4n) is 2.00. The number of aromatic nitrogens is 2. The summed E-state index contributed by atoms with van der Waals surface area (Å²) in [7, 11) is 4.03. The minimum atomic E-state index is 0.594. The van der Waals surface area contributed by atoms with Gasteiger partial charge < -0.3 is 0 Å². The number of rotatable bonds is 4. The van der Waals surface area contributed by atoms with Crippen molar-refractivity contribution in [2.24, 2.45) is 7.05 Å². The highest BCUT2D eigenvalue weighted by Crippen LogP contribution is 2.23. The topological polar surface area (TPSA) is 21.1 Å². The van der Waals surface area contributed by atoms with Gasteiger partial charge in [-0.2, -0.15) is 5.10 Å². The largest absolute Gasteiger partial charge is 0.298 e. The summed E-state index contributed by atoms with van der Waals surface area (Å²) >= 11 is 11.9. The maximum absolute atomic E-state index is 6.02. The lowest BCUT2D eigenvalue weighted by Crippen LogP contribution is -2.17. The lowest BCUT2D eigenvalue weighted by Gasteiger charge is -2.16. The van der Waals surface area contributed by atoms with Crippen molar-refractivity contribution in [1.82, 2.24) is 14.7 Å². The molecule has 5 heteroatoms. The van der Waals surface area contributed by atoms with Gasteiger partial charge >= 0.3 is 0 Å². The summed E-state index contributed by atoms with van der Waals surface area (Å²) in [6.07, 6.45) is 1.92. The van der Waals surface area contributed by atoms with Gasteiger partial charge in [-0.05, 0) is 31.7 Å². The molecule has 0 aliphatic carbocycles. The van der Waals surface area contributed by atoms with E-state index < -0.39 is 0 Å². The third-order valence-electron chi connectivity index (χ3n) is 3.21. The van der Waals surface area contributed by atoms with E-state index in [4.69, 9.17) is 23.2 Å². The van der Waals surface area contributed by atoms with Crippen LogP contribution in [0.25, 0.3) is 0 Å². The summed E-state index contributed by atoms with van der Waals surface area (Å²) in [6, 6.07) is 5.75. The van der Waals surface area contributed by atoms with E-state index in [0.29, 0.717) is 10.0 Å². The Hall–Kier alpha value is -1.03. The quantitative estimate of drug-likeness (QED) is 0.859. The first-order valence-corrected chi connectivity index (χ1v) is 6.83. The molecule has 0 bridgehead atoms. The first-order valence-electron chi connectivity index (χ1n) is 6.07. The van der Waals surface area contributed by atoms with Crippen LogP contribution >= 0.6 is 23.2 Å². The van der Waals surface area contributed by atoms with Gasteiger partial charge in [-0.1, -0.05) is 29.3 Å². The second kappa shape index (κ2) is 5.95. The summed E-state index contributed by atoms with van der Waals surface area (Å²) in [5, 5.41) is 5.45. The van der Waals surface area contributed by atoms with Crippen molar-refractivity contribution in [2.75, 3.05) is 7.05 Å². The van der Waals surface area contributed by atoms with Crippen molar-refractivity contribution < 1.29 is 0 Å². The first-order chi connectivity index (χ1) is 8.97. The van der Waals surface area contributed by atoms with Crippen LogP contribution in [-0.2, 0) is 20.1 Å². The molecule has 0 saturated carbocycles. The molecule has 19 heavy (non-hydrogen) atoms. The molecular weight excluding hydrogens is 281 g/mol. The molecule has 3 nitrogen and oxygen atoms in total. The van der Waals surface area contributed by atoms with E-state index in [1.54, 1.807) is 0 Å². The number of hydrogen-bond acceptors (Lipinski definition) is 2. The zero-order valence-electron chi connectivity index (χ0n) is 11.3. The molecule has 0 atom stereocenters. The van der Waals surface area contributed by atoms with E-state index in [2.05, 4.69) is 24.0 Å². The summed E-state index contributed by atoms with van der Waals surface area (Å²) in [4.78, 5) is 2.23. The van der Waals surface area contributed by atoms with Crippen LogP contribution in [0.15, 0.2) is 24.4 Å². The Morgan fingerprint density at radius 2 is 1.95 bits per heavy atom. The molecule has 1 heterocycles. The highest BCUT2D eigenvalue weighted by molar-refractivity contribution is 6.42. The second-order valence-electron chi connectivity index (χ2n) is 4.80. The van der Waals surface area contributed by atoms with Crippen molar-refractivity contribution in [3.8, 4) is 0 Å². The Kier molecular flexibility index (Phi) is 4.50. The maximum Gasteiger partial charge on any atom is 0.0595 e. The highest BCUT2D eigenvalue weighted by atomic mass is 35.5. The zero-order valence-corrected chi connectivity index (χ0v) is 12.8. The van der Waals surface area contributed by atoms with Gasteiger partial charge in [-0.25, -0.2) is 0 Å². The molecule has 0 fully saturated rings. The van der Waals surface area contributed by atoms with E-state index >= 15 is 0 Å². The zero-order chi connectivity index (χ0) is 14.0. The Labute approximate surface area is 123 Å². The van der Waals surface area contributed by atoms with Crippen LogP contribution in [0, 0.1) is 6.92 Å². The summed E-state index contributed by atoms with van der Waals surface area (Å²) in [5.41, 5.74) is 3.59. The number of aryl methyl sites for hydroxylation is 1. The molecule has 0 radical (unpaired) electrons. The van der Waals surface area contributed by atoms with Gasteiger partial charge in [0.05, 0.1) is 16.2 Å². The molecule has 0 unspecified atom stereocenters. The average molecular weight is 298 g/mol. The SMILES string of the molecule is Cc1c(CN(C)Cc2ccc(Cl)c(Cl)c2)cnn1C. The van der Waals surface area contributed by atoms with Gasteiger partial charge in [0.15, 0.2) is 0 Å². The average Bonchev–Trinajstić information content (AvgIpc) is 2.66. The summed E-state index contributed by atoms with van der Waals surface area (Å²) in [5.74, 6) is 0. The van der Waals surface area contributed by atoms with Crippen molar-refractivity contribution in [2.45, 2.75) is 20.0 Å². The molecular formula is C14H17Cl2N3. The van der Waals surface area contributed by atoms with Crippen LogP contribution < -0.4 is 0 Å². The fraction of sp³-hybridized carbons (Fsp3) is 0.357. The van der Waals surface area contributed by atoms with Gasteiger partial charge in [0, 0.05) is 31.4 Å². The van der Waals surface area contributed by atoms with Crippen LogP contribution in [0.5, 0.6) is 0 Å². The van der Waals surface area contributed by atoms with E-state index in [1.165, 1.54) is 11.3 Å². The van der Waals surface area contributed by atoms with Crippen molar-refractivity contribution in [3.63, 3.8) is 0 Å². The molecule has 0 N–H and O–H groups in total. The maximum atomic E-state index is 6.02. The second-order valence-corrected chi connectivity index (χ2v) is 5.61. The molecule has 102 valence electrons. The molecule has 0 aliphatic heterocycles.